The van der Waals surface area contributed by atoms with Crippen molar-refractivity contribution in [3.63, 3.8) is 0 Å². The van der Waals surface area contributed by atoms with Crippen molar-refractivity contribution in [1.29, 1.82) is 0 Å². The van der Waals surface area contributed by atoms with E-state index in [9.17, 15) is 13.2 Å². The Morgan fingerprint density at radius 3 is 2.38 bits per heavy atom. The van der Waals surface area contributed by atoms with Crippen LogP contribution in [0, 0.1) is 13.8 Å². The fraction of sp³-hybridized carbons (Fsp3) is 0.263. The number of amides is 1. The monoisotopic (exact) mass is 374 g/mol. The number of carbonyl (C=O) groups excluding carboxylic acids is 1. The zero-order chi connectivity index (χ0) is 19.3. The summed E-state index contributed by atoms with van der Waals surface area (Å²) in [5.74, 6) is 0.287. The van der Waals surface area contributed by atoms with Crippen molar-refractivity contribution in [1.82, 2.24) is 5.43 Å². The molecule has 0 saturated heterocycles. The van der Waals surface area contributed by atoms with E-state index in [2.05, 4.69) is 10.5 Å². The molecule has 1 N–H and O–H groups in total. The number of rotatable bonds is 6. The van der Waals surface area contributed by atoms with E-state index >= 15 is 0 Å². The third-order valence-electron chi connectivity index (χ3n) is 3.75. The fourth-order valence-electron chi connectivity index (χ4n) is 2.19. The standard InChI is InChI=1S/C19H22N2O4S/c1-13-5-6-14(2)18(11-13)25-12-19(22)21-20-15(3)16-7-9-17(10-8-16)26(4,23)24/h5-11H,12H2,1-4H3,(H,21,22)/b20-15-. The van der Waals surface area contributed by atoms with Gasteiger partial charge in [0.05, 0.1) is 10.6 Å². The summed E-state index contributed by atoms with van der Waals surface area (Å²) in [4.78, 5) is 12.1. The van der Waals surface area contributed by atoms with Gasteiger partial charge in [-0.3, -0.25) is 4.79 Å². The Labute approximate surface area is 153 Å². The van der Waals surface area contributed by atoms with Crippen molar-refractivity contribution in [3.8, 4) is 5.75 Å². The van der Waals surface area contributed by atoms with Gasteiger partial charge in [-0.2, -0.15) is 5.10 Å². The zero-order valence-electron chi connectivity index (χ0n) is 15.2. The van der Waals surface area contributed by atoms with Crippen LogP contribution < -0.4 is 10.2 Å². The van der Waals surface area contributed by atoms with Crippen molar-refractivity contribution >= 4 is 21.5 Å². The van der Waals surface area contributed by atoms with Gasteiger partial charge in [-0.1, -0.05) is 24.3 Å². The number of sulfone groups is 1. The minimum absolute atomic E-state index is 0.145. The van der Waals surface area contributed by atoms with Crippen LogP contribution in [0.25, 0.3) is 0 Å². The molecule has 6 nitrogen and oxygen atoms in total. The van der Waals surface area contributed by atoms with Gasteiger partial charge in [0.15, 0.2) is 16.4 Å². The molecule has 0 radical (unpaired) electrons. The van der Waals surface area contributed by atoms with E-state index in [1.807, 2.05) is 32.0 Å². The van der Waals surface area contributed by atoms with Gasteiger partial charge < -0.3 is 4.74 Å². The normalized spacial score (nSPS) is 11.9. The number of hydrazone groups is 1. The van der Waals surface area contributed by atoms with Crippen LogP contribution in [0.15, 0.2) is 52.5 Å². The SMILES string of the molecule is C/C(=N/NC(=O)COc1cc(C)ccc1C)c1ccc(S(C)(=O)=O)cc1. The molecule has 2 aromatic rings. The maximum Gasteiger partial charge on any atom is 0.277 e. The molecular formula is C19H22N2O4S. The second-order valence-corrected chi connectivity index (χ2v) is 8.10. The highest BCUT2D eigenvalue weighted by Crippen LogP contribution is 2.18. The zero-order valence-corrected chi connectivity index (χ0v) is 16.1. The lowest BCUT2D eigenvalue weighted by Crippen LogP contribution is -2.25. The summed E-state index contributed by atoms with van der Waals surface area (Å²) in [6.07, 6.45) is 1.15. The second-order valence-electron chi connectivity index (χ2n) is 6.09. The number of aryl methyl sites for hydroxylation is 2. The molecule has 0 aromatic heterocycles. The summed E-state index contributed by atoms with van der Waals surface area (Å²) in [5, 5.41) is 4.03. The van der Waals surface area contributed by atoms with Gasteiger partial charge in [0.2, 0.25) is 0 Å². The first-order valence-corrected chi connectivity index (χ1v) is 9.89. The van der Waals surface area contributed by atoms with Gasteiger partial charge in [0.1, 0.15) is 5.75 Å². The number of ether oxygens (including phenoxy) is 1. The van der Waals surface area contributed by atoms with Crippen molar-refractivity contribution in [3.05, 3.63) is 59.2 Å². The van der Waals surface area contributed by atoms with Crippen LogP contribution in [0.2, 0.25) is 0 Å². The highest BCUT2D eigenvalue weighted by atomic mass is 32.2. The van der Waals surface area contributed by atoms with Crippen LogP contribution in [0.5, 0.6) is 5.75 Å². The molecule has 0 atom stereocenters. The molecule has 0 heterocycles. The maximum absolute atomic E-state index is 11.9. The average Bonchev–Trinajstić information content (AvgIpc) is 2.59. The summed E-state index contributed by atoms with van der Waals surface area (Å²) >= 11 is 0. The van der Waals surface area contributed by atoms with Crippen LogP contribution in [0.3, 0.4) is 0 Å². The van der Waals surface area contributed by atoms with E-state index in [-0.39, 0.29) is 17.4 Å². The Balaban J connectivity index is 1.95. The first-order valence-electron chi connectivity index (χ1n) is 8.00. The third-order valence-corrected chi connectivity index (χ3v) is 4.88. The Bertz CT molecular complexity index is 933. The van der Waals surface area contributed by atoms with E-state index < -0.39 is 9.84 Å². The lowest BCUT2D eigenvalue weighted by Gasteiger charge is -2.09. The van der Waals surface area contributed by atoms with Gasteiger partial charge in [0.25, 0.3) is 5.91 Å². The smallest absolute Gasteiger partial charge is 0.277 e. The Morgan fingerprint density at radius 2 is 1.77 bits per heavy atom. The molecule has 0 spiro atoms. The number of hydrogen-bond donors (Lipinski definition) is 1. The second kappa shape index (κ2) is 8.14. The minimum atomic E-state index is -3.24. The summed E-state index contributed by atoms with van der Waals surface area (Å²) in [5.41, 5.74) is 5.72. The average molecular weight is 374 g/mol. The highest BCUT2D eigenvalue weighted by Gasteiger charge is 2.08. The molecule has 0 saturated carbocycles. The van der Waals surface area contributed by atoms with E-state index in [0.29, 0.717) is 17.0 Å². The van der Waals surface area contributed by atoms with Crippen molar-refractivity contribution in [2.45, 2.75) is 25.7 Å². The van der Waals surface area contributed by atoms with Crippen molar-refractivity contribution in [2.24, 2.45) is 5.10 Å². The number of hydrogen-bond acceptors (Lipinski definition) is 5. The number of nitrogens with one attached hydrogen (secondary N) is 1. The first-order chi connectivity index (χ1) is 12.2. The van der Waals surface area contributed by atoms with Crippen LogP contribution >= 0.6 is 0 Å². The van der Waals surface area contributed by atoms with Gasteiger partial charge in [0, 0.05) is 6.26 Å². The molecule has 0 unspecified atom stereocenters. The molecule has 0 aliphatic rings. The van der Waals surface area contributed by atoms with Crippen molar-refractivity contribution in [2.75, 3.05) is 12.9 Å². The van der Waals surface area contributed by atoms with Gasteiger partial charge in [-0.25, -0.2) is 13.8 Å². The molecule has 2 rings (SSSR count). The topological polar surface area (TPSA) is 84.8 Å². The maximum atomic E-state index is 11.9. The number of benzene rings is 2. The Hall–Kier alpha value is -2.67. The Kier molecular flexibility index (Phi) is 6.15. The van der Waals surface area contributed by atoms with Crippen LogP contribution in [0.4, 0.5) is 0 Å². The lowest BCUT2D eigenvalue weighted by atomic mass is 10.1. The quantitative estimate of drug-likeness (QED) is 0.622. The molecule has 0 bridgehead atoms. The van der Waals surface area contributed by atoms with E-state index in [0.717, 1.165) is 17.4 Å². The van der Waals surface area contributed by atoms with Gasteiger partial charge >= 0.3 is 0 Å². The van der Waals surface area contributed by atoms with E-state index in [1.54, 1.807) is 19.1 Å². The molecule has 138 valence electrons. The molecule has 0 aliphatic carbocycles. The fourth-order valence-corrected chi connectivity index (χ4v) is 2.82. The highest BCUT2D eigenvalue weighted by molar-refractivity contribution is 7.90. The predicted molar refractivity (Wildman–Crippen MR) is 101 cm³/mol. The summed E-state index contributed by atoms with van der Waals surface area (Å²) in [7, 11) is -3.24. The lowest BCUT2D eigenvalue weighted by molar-refractivity contribution is -0.123. The molecule has 0 aliphatic heterocycles. The van der Waals surface area contributed by atoms with E-state index in [4.69, 9.17) is 4.74 Å². The molecule has 1 amide bonds. The summed E-state index contributed by atoms with van der Waals surface area (Å²) in [6.45, 7) is 5.44. The van der Waals surface area contributed by atoms with Crippen LogP contribution in [-0.2, 0) is 14.6 Å². The van der Waals surface area contributed by atoms with Gasteiger partial charge in [-0.05, 0) is 55.7 Å². The number of nitrogens with zero attached hydrogens (tertiary/aromatic N) is 1. The Morgan fingerprint density at radius 1 is 1.12 bits per heavy atom. The molecule has 7 heteroatoms. The molecule has 26 heavy (non-hydrogen) atoms. The van der Waals surface area contributed by atoms with Crippen LogP contribution in [0.1, 0.15) is 23.6 Å². The number of carbonyl (C=O) groups is 1. The van der Waals surface area contributed by atoms with Gasteiger partial charge in [-0.15, -0.1) is 0 Å². The summed E-state index contributed by atoms with van der Waals surface area (Å²) < 4.78 is 28.4. The first kappa shape index (κ1) is 19.7. The van der Waals surface area contributed by atoms with Crippen LogP contribution in [-0.4, -0.2) is 32.9 Å². The predicted octanol–water partition coefficient (Wildman–Crippen LogP) is 2.63. The van der Waals surface area contributed by atoms with E-state index in [1.165, 1.54) is 12.1 Å². The molecular weight excluding hydrogens is 352 g/mol. The minimum Gasteiger partial charge on any atom is -0.483 e. The molecule has 0 fully saturated rings. The largest absolute Gasteiger partial charge is 0.483 e. The van der Waals surface area contributed by atoms with Crippen molar-refractivity contribution < 1.29 is 17.9 Å². The summed E-state index contributed by atoms with van der Waals surface area (Å²) in [6, 6.07) is 12.1. The third kappa shape index (κ3) is 5.42. The molecule has 2 aromatic carbocycles.